The molecule has 0 saturated heterocycles. The van der Waals surface area contributed by atoms with Crippen LogP contribution in [0.25, 0.3) is 22.2 Å². The lowest BCUT2D eigenvalue weighted by atomic mass is 10.0. The third kappa shape index (κ3) is 3.97. The number of methoxy groups -OCH3 is 1. The van der Waals surface area contributed by atoms with Gasteiger partial charge in [-0.2, -0.15) is 0 Å². The summed E-state index contributed by atoms with van der Waals surface area (Å²) in [7, 11) is 1.62. The van der Waals surface area contributed by atoms with E-state index in [9.17, 15) is 4.79 Å². The molecule has 0 N–H and O–H groups in total. The Kier molecular flexibility index (Phi) is 5.74. The molecule has 0 aliphatic carbocycles. The molecule has 3 rings (SSSR count). The first-order valence-electron chi connectivity index (χ1n) is 8.54. The number of esters is 1. The van der Waals surface area contributed by atoms with Crippen molar-refractivity contribution in [2.45, 2.75) is 19.8 Å². The van der Waals surface area contributed by atoms with E-state index in [2.05, 4.69) is 11.9 Å². The summed E-state index contributed by atoms with van der Waals surface area (Å²) in [6.07, 6.45) is 1.80. The van der Waals surface area contributed by atoms with Crippen LogP contribution in [0.4, 0.5) is 0 Å². The highest BCUT2D eigenvalue weighted by molar-refractivity contribution is 6.31. The number of benzene rings is 2. The molecule has 0 aliphatic rings. The molecule has 1 aromatic heterocycles. The highest BCUT2D eigenvalue weighted by atomic mass is 35.5. The van der Waals surface area contributed by atoms with E-state index in [-0.39, 0.29) is 5.97 Å². The summed E-state index contributed by atoms with van der Waals surface area (Å²) in [5.41, 5.74) is 2.76. The highest BCUT2D eigenvalue weighted by Gasteiger charge is 2.16. The number of unbranched alkanes of at least 4 members (excludes halogenated alkanes) is 1. The number of halogens is 1. The summed E-state index contributed by atoms with van der Waals surface area (Å²) in [4.78, 5) is 17.3. The van der Waals surface area contributed by atoms with E-state index in [1.54, 1.807) is 25.3 Å². The Morgan fingerprint density at radius 2 is 1.88 bits per heavy atom. The van der Waals surface area contributed by atoms with Gasteiger partial charge in [-0.25, -0.2) is 9.78 Å². The van der Waals surface area contributed by atoms with Gasteiger partial charge >= 0.3 is 5.97 Å². The van der Waals surface area contributed by atoms with Crippen molar-refractivity contribution in [3.63, 3.8) is 0 Å². The van der Waals surface area contributed by atoms with Crippen LogP contribution >= 0.6 is 11.6 Å². The second-order valence-corrected chi connectivity index (χ2v) is 6.37. The fourth-order valence-electron chi connectivity index (χ4n) is 2.66. The van der Waals surface area contributed by atoms with E-state index in [4.69, 9.17) is 21.1 Å². The van der Waals surface area contributed by atoms with Crippen LogP contribution in [0.3, 0.4) is 0 Å². The molecule has 0 aliphatic heterocycles. The molecule has 0 atom stereocenters. The minimum Gasteiger partial charge on any atom is -0.497 e. The standard InChI is InChI=1S/C21H20ClNO3/c1-3-4-11-26-21(24)18-13-20(14-5-8-16(25-2)9-6-14)23-19-10-7-15(22)12-17(18)19/h5-10,12-13H,3-4,11H2,1-2H3. The lowest BCUT2D eigenvalue weighted by Crippen LogP contribution is -2.08. The monoisotopic (exact) mass is 369 g/mol. The zero-order valence-electron chi connectivity index (χ0n) is 14.8. The minimum absolute atomic E-state index is 0.358. The number of rotatable bonds is 6. The van der Waals surface area contributed by atoms with Crippen LogP contribution in [0.1, 0.15) is 30.1 Å². The van der Waals surface area contributed by atoms with Gasteiger partial charge in [-0.05, 0) is 55.0 Å². The number of hydrogen-bond acceptors (Lipinski definition) is 4. The molecule has 26 heavy (non-hydrogen) atoms. The van der Waals surface area contributed by atoms with Crippen LogP contribution in [0.5, 0.6) is 5.75 Å². The van der Waals surface area contributed by atoms with Crippen LogP contribution < -0.4 is 4.74 Å². The van der Waals surface area contributed by atoms with Gasteiger partial charge in [0.05, 0.1) is 30.5 Å². The zero-order chi connectivity index (χ0) is 18.5. The molecule has 3 aromatic rings. The van der Waals surface area contributed by atoms with Gasteiger partial charge in [0, 0.05) is 16.0 Å². The zero-order valence-corrected chi connectivity index (χ0v) is 15.5. The quantitative estimate of drug-likeness (QED) is 0.424. The topological polar surface area (TPSA) is 48.4 Å². The summed E-state index contributed by atoms with van der Waals surface area (Å²) >= 11 is 6.12. The molecule has 4 nitrogen and oxygen atoms in total. The van der Waals surface area contributed by atoms with Gasteiger partial charge in [0.15, 0.2) is 0 Å². The first kappa shape index (κ1) is 18.2. The van der Waals surface area contributed by atoms with Crippen LogP contribution in [0.15, 0.2) is 48.5 Å². The molecule has 0 amide bonds. The van der Waals surface area contributed by atoms with Crippen LogP contribution in [0.2, 0.25) is 5.02 Å². The molecule has 0 spiro atoms. The second kappa shape index (κ2) is 8.19. The lowest BCUT2D eigenvalue weighted by molar-refractivity contribution is 0.0502. The number of pyridine rings is 1. The van der Waals surface area contributed by atoms with Gasteiger partial charge in [0.1, 0.15) is 5.75 Å². The SMILES string of the molecule is CCCCOC(=O)c1cc(-c2ccc(OC)cc2)nc2ccc(Cl)cc12. The van der Waals surface area contributed by atoms with E-state index < -0.39 is 0 Å². The summed E-state index contributed by atoms with van der Waals surface area (Å²) < 4.78 is 10.6. The maximum atomic E-state index is 12.6. The Balaban J connectivity index is 2.07. The third-order valence-electron chi connectivity index (χ3n) is 4.11. The average Bonchev–Trinajstić information content (AvgIpc) is 2.67. The fourth-order valence-corrected chi connectivity index (χ4v) is 2.84. The highest BCUT2D eigenvalue weighted by Crippen LogP contribution is 2.28. The van der Waals surface area contributed by atoms with E-state index in [1.165, 1.54) is 0 Å². The normalized spacial score (nSPS) is 10.7. The fraction of sp³-hybridized carbons (Fsp3) is 0.238. The van der Waals surface area contributed by atoms with Gasteiger partial charge in [0.2, 0.25) is 0 Å². The Labute approximate surface area is 157 Å². The Morgan fingerprint density at radius 1 is 1.12 bits per heavy atom. The van der Waals surface area contributed by atoms with Gasteiger partial charge in [-0.3, -0.25) is 0 Å². The summed E-state index contributed by atoms with van der Waals surface area (Å²) in [5, 5.41) is 1.25. The Bertz CT molecular complexity index is 922. The van der Waals surface area contributed by atoms with E-state index in [1.807, 2.05) is 30.3 Å². The van der Waals surface area contributed by atoms with Gasteiger partial charge in [-0.15, -0.1) is 0 Å². The van der Waals surface area contributed by atoms with Crippen LogP contribution in [-0.2, 0) is 4.74 Å². The molecular formula is C21H20ClNO3. The van der Waals surface area contributed by atoms with Gasteiger partial charge in [-0.1, -0.05) is 24.9 Å². The van der Waals surface area contributed by atoms with Crippen LogP contribution in [-0.4, -0.2) is 24.7 Å². The summed E-state index contributed by atoms with van der Waals surface area (Å²) in [6, 6.07) is 14.6. The lowest BCUT2D eigenvalue weighted by Gasteiger charge is -2.11. The molecule has 5 heteroatoms. The Morgan fingerprint density at radius 3 is 2.58 bits per heavy atom. The minimum atomic E-state index is -0.358. The van der Waals surface area contributed by atoms with Crippen molar-refractivity contribution in [2.24, 2.45) is 0 Å². The maximum Gasteiger partial charge on any atom is 0.338 e. The average molecular weight is 370 g/mol. The van der Waals surface area contributed by atoms with Crippen molar-refractivity contribution >= 4 is 28.5 Å². The van der Waals surface area contributed by atoms with E-state index in [0.717, 1.165) is 24.2 Å². The third-order valence-corrected chi connectivity index (χ3v) is 4.34. The van der Waals surface area contributed by atoms with Gasteiger partial charge < -0.3 is 9.47 Å². The number of fused-ring (bicyclic) bond motifs is 1. The predicted molar refractivity (Wildman–Crippen MR) is 104 cm³/mol. The number of carbonyl (C=O) groups is 1. The first-order valence-corrected chi connectivity index (χ1v) is 8.92. The van der Waals surface area contributed by atoms with E-state index in [0.29, 0.717) is 33.8 Å². The van der Waals surface area contributed by atoms with Crippen LogP contribution in [0, 0.1) is 0 Å². The second-order valence-electron chi connectivity index (χ2n) is 5.93. The number of carbonyl (C=O) groups excluding carboxylic acids is 1. The summed E-state index contributed by atoms with van der Waals surface area (Å²) in [5.74, 6) is 0.406. The van der Waals surface area contributed by atoms with Crippen molar-refractivity contribution in [1.29, 1.82) is 0 Å². The molecule has 0 unspecified atom stereocenters. The largest absolute Gasteiger partial charge is 0.497 e. The summed E-state index contributed by atoms with van der Waals surface area (Å²) in [6.45, 7) is 2.45. The predicted octanol–water partition coefficient (Wildman–Crippen LogP) is 5.52. The number of nitrogens with zero attached hydrogens (tertiary/aromatic N) is 1. The number of aromatic nitrogens is 1. The number of hydrogen-bond donors (Lipinski definition) is 0. The first-order chi connectivity index (χ1) is 12.6. The van der Waals surface area contributed by atoms with Crippen molar-refractivity contribution in [3.05, 3.63) is 59.1 Å². The van der Waals surface area contributed by atoms with Crippen molar-refractivity contribution < 1.29 is 14.3 Å². The molecule has 1 heterocycles. The van der Waals surface area contributed by atoms with E-state index >= 15 is 0 Å². The smallest absolute Gasteiger partial charge is 0.338 e. The van der Waals surface area contributed by atoms with Crippen molar-refractivity contribution in [3.8, 4) is 17.0 Å². The number of ether oxygens (including phenoxy) is 2. The van der Waals surface area contributed by atoms with Crippen molar-refractivity contribution in [1.82, 2.24) is 4.98 Å². The molecule has 2 aromatic carbocycles. The molecule has 0 radical (unpaired) electrons. The van der Waals surface area contributed by atoms with Gasteiger partial charge in [0.25, 0.3) is 0 Å². The molecular weight excluding hydrogens is 350 g/mol. The molecule has 0 fully saturated rings. The Hall–Kier alpha value is -2.59. The van der Waals surface area contributed by atoms with Crippen molar-refractivity contribution in [2.75, 3.05) is 13.7 Å². The molecule has 0 saturated carbocycles. The molecule has 134 valence electrons. The maximum absolute atomic E-state index is 12.6. The molecule has 0 bridgehead atoms.